The maximum atomic E-state index is 12.3. The van der Waals surface area contributed by atoms with Crippen molar-refractivity contribution in [3.05, 3.63) is 0 Å². The maximum absolute atomic E-state index is 12.3. The van der Waals surface area contributed by atoms with Gasteiger partial charge in [0.25, 0.3) is 0 Å². The van der Waals surface area contributed by atoms with Gasteiger partial charge < -0.3 is 5.73 Å². The lowest BCUT2D eigenvalue weighted by atomic mass is 10.2. The summed E-state index contributed by atoms with van der Waals surface area (Å²) in [7, 11) is -3.79. The van der Waals surface area contributed by atoms with Gasteiger partial charge in [0, 0.05) is 6.54 Å². The molecule has 0 fully saturated rings. The molecule has 0 spiro atoms. The Morgan fingerprint density at radius 1 is 1.20 bits per heavy atom. The quantitative estimate of drug-likeness (QED) is 0.818. The first kappa shape index (κ1) is 14.7. The minimum absolute atomic E-state index is 0.710. The minimum Gasteiger partial charge on any atom is -0.330 e. The van der Waals surface area contributed by atoms with Crippen LogP contribution in [0.25, 0.3) is 0 Å². The summed E-state index contributed by atoms with van der Waals surface area (Å²) in [6, 6.07) is 0. The molecule has 0 aromatic heterocycles. The third kappa shape index (κ3) is 3.98. The molecule has 0 aliphatic rings. The third-order valence-electron chi connectivity index (χ3n) is 2.10. The molecule has 1 unspecified atom stereocenters. The van der Waals surface area contributed by atoms with E-state index in [0.717, 1.165) is 0 Å². The van der Waals surface area contributed by atoms with Gasteiger partial charge in [-0.25, -0.2) is 8.42 Å². The first-order valence-electron chi connectivity index (χ1n) is 4.41. The molecule has 0 aliphatic heterocycles. The number of nitrogens with two attached hydrogens (primary N) is 1. The van der Waals surface area contributed by atoms with E-state index >= 15 is 0 Å². The molecule has 0 saturated carbocycles. The molecular formula is C8H16F3NO2S. The van der Waals surface area contributed by atoms with E-state index in [1.54, 1.807) is 0 Å². The van der Waals surface area contributed by atoms with Gasteiger partial charge in [-0.05, 0) is 20.8 Å². The summed E-state index contributed by atoms with van der Waals surface area (Å²) in [4.78, 5) is 0. The molecule has 0 rings (SSSR count). The summed E-state index contributed by atoms with van der Waals surface area (Å²) >= 11 is 0. The van der Waals surface area contributed by atoms with E-state index in [0.29, 0.717) is 0 Å². The smallest absolute Gasteiger partial charge is 0.330 e. The van der Waals surface area contributed by atoms with Gasteiger partial charge in [-0.1, -0.05) is 0 Å². The van der Waals surface area contributed by atoms with Crippen molar-refractivity contribution in [2.24, 2.45) is 11.7 Å². The molecule has 0 aromatic rings. The van der Waals surface area contributed by atoms with Gasteiger partial charge in [0.1, 0.15) is 0 Å². The zero-order valence-electron chi connectivity index (χ0n) is 8.93. The molecule has 3 nitrogen and oxygen atoms in total. The molecule has 92 valence electrons. The minimum atomic E-state index is -4.56. The van der Waals surface area contributed by atoms with Gasteiger partial charge in [0.15, 0.2) is 9.84 Å². The predicted octanol–water partition coefficient (Wildman–Crippen LogP) is 1.34. The van der Waals surface area contributed by atoms with Crippen LogP contribution in [0, 0.1) is 5.92 Å². The van der Waals surface area contributed by atoms with Gasteiger partial charge in [-0.2, -0.15) is 13.2 Å². The van der Waals surface area contributed by atoms with Crippen LogP contribution in [-0.4, -0.2) is 31.6 Å². The van der Waals surface area contributed by atoms with Crippen LogP contribution in [0.15, 0.2) is 0 Å². The first-order valence-corrected chi connectivity index (χ1v) is 6.06. The number of hydrogen-bond acceptors (Lipinski definition) is 3. The van der Waals surface area contributed by atoms with Crippen LogP contribution in [0.1, 0.15) is 20.8 Å². The standard InChI is InChI=1S/C8H16F3NO2S/c1-7(2,3)15(13,14)5-6(4-12)8(9,10)11/h6H,4-5,12H2,1-3H3. The van der Waals surface area contributed by atoms with E-state index in [4.69, 9.17) is 5.73 Å². The second kappa shape index (κ2) is 4.29. The highest BCUT2D eigenvalue weighted by molar-refractivity contribution is 7.92. The number of alkyl halides is 3. The monoisotopic (exact) mass is 247 g/mol. The van der Waals surface area contributed by atoms with E-state index in [1.807, 2.05) is 0 Å². The lowest BCUT2D eigenvalue weighted by molar-refractivity contribution is -0.165. The largest absolute Gasteiger partial charge is 0.394 e. The zero-order valence-corrected chi connectivity index (χ0v) is 9.74. The Kier molecular flexibility index (Phi) is 4.20. The lowest BCUT2D eigenvalue weighted by Gasteiger charge is -2.24. The Morgan fingerprint density at radius 3 is 1.80 bits per heavy atom. The van der Waals surface area contributed by atoms with Crippen LogP contribution in [0.3, 0.4) is 0 Å². The zero-order chi connectivity index (χ0) is 12.5. The van der Waals surface area contributed by atoms with Crippen molar-refractivity contribution in [1.82, 2.24) is 0 Å². The molecule has 1 atom stereocenters. The predicted molar refractivity (Wildman–Crippen MR) is 52.1 cm³/mol. The molecule has 0 radical (unpaired) electrons. The van der Waals surface area contributed by atoms with E-state index < -0.39 is 39.0 Å². The fourth-order valence-corrected chi connectivity index (χ4v) is 2.17. The third-order valence-corrected chi connectivity index (χ3v) is 4.81. The van der Waals surface area contributed by atoms with Crippen molar-refractivity contribution in [1.29, 1.82) is 0 Å². The fraction of sp³-hybridized carbons (Fsp3) is 1.00. The van der Waals surface area contributed by atoms with Gasteiger partial charge in [0.05, 0.1) is 16.4 Å². The molecule has 0 aliphatic carbocycles. The number of sulfone groups is 1. The molecule has 7 heteroatoms. The molecule has 15 heavy (non-hydrogen) atoms. The molecule has 0 saturated heterocycles. The van der Waals surface area contributed by atoms with Crippen molar-refractivity contribution in [3.63, 3.8) is 0 Å². The molecule has 0 bridgehead atoms. The average Bonchev–Trinajstić information content (AvgIpc) is 1.95. The van der Waals surface area contributed by atoms with E-state index in [2.05, 4.69) is 0 Å². The Bertz CT molecular complexity index is 303. The summed E-state index contributed by atoms with van der Waals surface area (Å²) in [5.74, 6) is -2.93. The second-order valence-corrected chi connectivity index (χ2v) is 7.16. The Morgan fingerprint density at radius 2 is 1.60 bits per heavy atom. The second-order valence-electron chi connectivity index (χ2n) is 4.37. The summed E-state index contributed by atoms with van der Waals surface area (Å²) < 4.78 is 58.7. The number of halogens is 3. The topological polar surface area (TPSA) is 60.2 Å². The first-order chi connectivity index (χ1) is 6.42. The SMILES string of the molecule is CC(C)(C)S(=O)(=O)CC(CN)C(F)(F)F. The van der Waals surface area contributed by atoms with Crippen molar-refractivity contribution in [3.8, 4) is 0 Å². The maximum Gasteiger partial charge on any atom is 0.394 e. The lowest BCUT2D eigenvalue weighted by Crippen LogP contribution is -2.41. The van der Waals surface area contributed by atoms with Crippen LogP contribution in [0.4, 0.5) is 13.2 Å². The molecule has 0 amide bonds. The average molecular weight is 247 g/mol. The van der Waals surface area contributed by atoms with E-state index in [1.165, 1.54) is 20.8 Å². The van der Waals surface area contributed by atoms with Crippen molar-refractivity contribution in [2.45, 2.75) is 31.7 Å². The number of rotatable bonds is 3. The molecule has 2 N–H and O–H groups in total. The van der Waals surface area contributed by atoms with Crippen molar-refractivity contribution >= 4 is 9.84 Å². The van der Waals surface area contributed by atoms with Crippen LogP contribution in [0.5, 0.6) is 0 Å². The summed E-state index contributed by atoms with van der Waals surface area (Å²) in [6.45, 7) is 3.39. The molecule has 0 aromatic carbocycles. The van der Waals surface area contributed by atoms with Gasteiger partial charge >= 0.3 is 6.18 Å². The Hall–Kier alpha value is -0.300. The van der Waals surface area contributed by atoms with Crippen LogP contribution < -0.4 is 5.73 Å². The van der Waals surface area contributed by atoms with E-state index in [-0.39, 0.29) is 0 Å². The highest BCUT2D eigenvalue weighted by atomic mass is 32.2. The summed E-state index contributed by atoms with van der Waals surface area (Å²) in [5, 5.41) is 0. The van der Waals surface area contributed by atoms with Crippen LogP contribution >= 0.6 is 0 Å². The Labute approximate surface area is 87.8 Å². The molecular weight excluding hydrogens is 231 g/mol. The van der Waals surface area contributed by atoms with Gasteiger partial charge in [-0.15, -0.1) is 0 Å². The highest BCUT2D eigenvalue weighted by Gasteiger charge is 2.43. The van der Waals surface area contributed by atoms with Crippen molar-refractivity contribution < 1.29 is 21.6 Å². The highest BCUT2D eigenvalue weighted by Crippen LogP contribution is 2.29. The van der Waals surface area contributed by atoms with Gasteiger partial charge in [0.2, 0.25) is 0 Å². The summed E-state index contributed by atoms with van der Waals surface area (Å²) in [6.07, 6.45) is -4.56. The Balaban J connectivity index is 4.88. The van der Waals surface area contributed by atoms with Crippen LogP contribution in [0.2, 0.25) is 0 Å². The van der Waals surface area contributed by atoms with Crippen LogP contribution in [-0.2, 0) is 9.84 Å². The normalized spacial score (nSPS) is 16.5. The number of hydrogen-bond donors (Lipinski definition) is 1. The van der Waals surface area contributed by atoms with Gasteiger partial charge in [-0.3, -0.25) is 0 Å². The van der Waals surface area contributed by atoms with E-state index in [9.17, 15) is 21.6 Å². The summed E-state index contributed by atoms with van der Waals surface area (Å²) in [5.41, 5.74) is 4.92. The fourth-order valence-electron chi connectivity index (χ4n) is 0.811. The van der Waals surface area contributed by atoms with Crippen molar-refractivity contribution in [2.75, 3.05) is 12.3 Å². The molecule has 0 heterocycles.